The van der Waals surface area contributed by atoms with Gasteiger partial charge in [-0.25, -0.2) is 4.98 Å². The van der Waals surface area contributed by atoms with Crippen molar-refractivity contribution in [3.8, 4) is 0 Å². The Morgan fingerprint density at radius 2 is 1.77 bits per heavy atom. The van der Waals surface area contributed by atoms with Crippen molar-refractivity contribution >= 4 is 35.0 Å². The summed E-state index contributed by atoms with van der Waals surface area (Å²) in [6.07, 6.45) is 3.25. The van der Waals surface area contributed by atoms with E-state index in [0.717, 1.165) is 48.3 Å². The molecule has 0 radical (unpaired) electrons. The van der Waals surface area contributed by atoms with Crippen molar-refractivity contribution in [2.75, 3.05) is 33.9 Å². The number of nitrogens with one attached hydrogen (secondary N) is 2. The quantitative estimate of drug-likeness (QED) is 0.149. The SMILES string of the molecule is CCC(C)C(NC(=O)C1CCCCN1C)C(=O)N(CCOC)[C@H](C[C@@H](O)c1nc(C(=O)N[C@@H](Cc2ccc(C)cc2)C[C@H](C)C(=O)O)cs1)C(C)C. The highest BCUT2D eigenvalue weighted by Crippen LogP contribution is 2.29. The molecule has 1 fully saturated rings. The number of aliphatic hydroxyl groups is 1. The van der Waals surface area contributed by atoms with E-state index in [2.05, 4.69) is 20.5 Å². The Morgan fingerprint density at radius 3 is 2.37 bits per heavy atom. The van der Waals surface area contributed by atoms with E-state index in [1.807, 2.05) is 65.9 Å². The molecule has 0 saturated carbocycles. The summed E-state index contributed by atoms with van der Waals surface area (Å²) in [5.41, 5.74) is 2.22. The number of aromatic nitrogens is 1. The first kappa shape index (κ1) is 43.0. The number of piperidine rings is 1. The lowest BCUT2D eigenvalue weighted by molar-refractivity contribution is -0.143. The van der Waals surface area contributed by atoms with E-state index < -0.39 is 42.0 Å². The Bertz CT molecular complexity index is 1450. The van der Waals surface area contributed by atoms with Crippen molar-refractivity contribution in [3.05, 3.63) is 51.5 Å². The molecule has 0 aliphatic carbocycles. The van der Waals surface area contributed by atoms with Crippen LogP contribution in [-0.4, -0.2) is 107 Å². The smallest absolute Gasteiger partial charge is 0.306 e. The van der Waals surface area contributed by atoms with E-state index >= 15 is 0 Å². The minimum atomic E-state index is -1.07. The number of carbonyl (C=O) groups excluding carboxylic acids is 3. The summed E-state index contributed by atoms with van der Waals surface area (Å²) in [5, 5.41) is 29.1. The van der Waals surface area contributed by atoms with Crippen LogP contribution in [0.3, 0.4) is 0 Å². The molecule has 12 nitrogen and oxygen atoms in total. The lowest BCUT2D eigenvalue weighted by atomic mass is 9.92. The number of hydrogen-bond donors (Lipinski definition) is 4. The standard InChI is InChI=1S/C39H61N5O7S/c1-9-26(5)34(42-36(47)31-12-10-11-17-43(31)7)38(48)44(18-19-51-8)32(24(2)3)22-33(45)37-41-30(23-52-37)35(46)40-29(20-27(6)39(49)50)21-28-15-13-25(4)14-16-28/h13-16,23-24,26-27,29,31-34,45H,9-12,17-22H2,1-8H3,(H,40,46)(H,42,47)(H,49,50)/t26?,27-,29+,31?,32+,33+,34?/m0/s1. The minimum absolute atomic E-state index is 0.0605. The highest BCUT2D eigenvalue weighted by Gasteiger charge is 2.38. The maximum Gasteiger partial charge on any atom is 0.306 e. The van der Waals surface area contributed by atoms with Gasteiger partial charge in [-0.2, -0.15) is 0 Å². The maximum atomic E-state index is 14.4. The fraction of sp³-hybridized carbons (Fsp3) is 0.667. The maximum absolute atomic E-state index is 14.4. The number of ether oxygens (including phenoxy) is 1. The van der Waals surface area contributed by atoms with E-state index in [0.29, 0.717) is 17.8 Å². The van der Waals surface area contributed by atoms with Crippen molar-refractivity contribution in [1.29, 1.82) is 0 Å². The monoisotopic (exact) mass is 743 g/mol. The number of benzene rings is 1. The van der Waals surface area contributed by atoms with Crippen LogP contribution in [0.15, 0.2) is 29.6 Å². The minimum Gasteiger partial charge on any atom is -0.481 e. The number of methoxy groups -OCH3 is 1. The average molecular weight is 744 g/mol. The number of rotatable bonds is 20. The second-order valence-electron chi connectivity index (χ2n) is 14.9. The predicted octanol–water partition coefficient (Wildman–Crippen LogP) is 4.84. The van der Waals surface area contributed by atoms with E-state index in [9.17, 15) is 29.4 Å². The van der Waals surface area contributed by atoms with Gasteiger partial charge in [0.2, 0.25) is 11.8 Å². The van der Waals surface area contributed by atoms with Crippen LogP contribution in [0.1, 0.15) is 106 Å². The van der Waals surface area contributed by atoms with E-state index in [4.69, 9.17) is 4.74 Å². The molecule has 0 bridgehead atoms. The molecule has 1 aromatic carbocycles. The summed E-state index contributed by atoms with van der Waals surface area (Å²) in [4.78, 5) is 61.3. The van der Waals surface area contributed by atoms with Gasteiger partial charge in [0.1, 0.15) is 22.8 Å². The summed E-state index contributed by atoms with van der Waals surface area (Å²) in [5.74, 6) is -2.58. The molecular weight excluding hydrogens is 683 g/mol. The zero-order valence-corrected chi connectivity index (χ0v) is 33.1. The third-order valence-corrected chi connectivity index (χ3v) is 11.3. The molecule has 1 aliphatic heterocycles. The average Bonchev–Trinajstić information content (AvgIpc) is 3.61. The number of amides is 3. The van der Waals surface area contributed by atoms with Gasteiger partial charge in [-0.1, -0.05) is 77.3 Å². The lowest BCUT2D eigenvalue weighted by Crippen LogP contribution is -2.59. The molecule has 52 heavy (non-hydrogen) atoms. The van der Waals surface area contributed by atoms with Crippen molar-refractivity contribution in [2.24, 2.45) is 17.8 Å². The summed E-state index contributed by atoms with van der Waals surface area (Å²) < 4.78 is 5.40. The Labute approximate surface area is 313 Å². The number of carboxylic acids is 1. The number of likely N-dealkylation sites (tertiary alicyclic amines) is 1. The van der Waals surface area contributed by atoms with Crippen LogP contribution in [0, 0.1) is 24.7 Å². The van der Waals surface area contributed by atoms with Gasteiger partial charge in [-0.3, -0.25) is 24.1 Å². The summed E-state index contributed by atoms with van der Waals surface area (Å²) >= 11 is 1.16. The van der Waals surface area contributed by atoms with Crippen LogP contribution in [-0.2, 0) is 25.5 Å². The van der Waals surface area contributed by atoms with Gasteiger partial charge in [0, 0.05) is 37.5 Å². The number of carboxylic acid groups (broad SMARTS) is 1. The van der Waals surface area contributed by atoms with Gasteiger partial charge in [0.25, 0.3) is 5.91 Å². The first-order valence-electron chi connectivity index (χ1n) is 18.7. The lowest BCUT2D eigenvalue weighted by Gasteiger charge is -2.39. The van der Waals surface area contributed by atoms with Gasteiger partial charge in [-0.15, -0.1) is 11.3 Å². The van der Waals surface area contributed by atoms with Crippen LogP contribution in [0.4, 0.5) is 0 Å². The molecule has 3 rings (SSSR count). The van der Waals surface area contributed by atoms with Gasteiger partial charge in [0.15, 0.2) is 0 Å². The largest absolute Gasteiger partial charge is 0.481 e. The molecule has 290 valence electrons. The van der Waals surface area contributed by atoms with Crippen LogP contribution in [0.5, 0.6) is 0 Å². The Balaban J connectivity index is 1.79. The van der Waals surface area contributed by atoms with Crippen LogP contribution < -0.4 is 10.6 Å². The van der Waals surface area contributed by atoms with E-state index in [1.165, 1.54) is 0 Å². The number of hydrogen-bond acceptors (Lipinski definition) is 9. The molecule has 4 N–H and O–H groups in total. The number of aryl methyl sites for hydroxylation is 1. The first-order valence-corrected chi connectivity index (χ1v) is 19.6. The van der Waals surface area contributed by atoms with Gasteiger partial charge in [-0.05, 0) is 63.6 Å². The van der Waals surface area contributed by atoms with Crippen LogP contribution >= 0.6 is 11.3 Å². The fourth-order valence-corrected chi connectivity index (χ4v) is 7.57. The van der Waals surface area contributed by atoms with Gasteiger partial charge in [0.05, 0.1) is 18.6 Å². The molecule has 1 aromatic heterocycles. The fourth-order valence-electron chi connectivity index (χ4n) is 6.77. The molecule has 2 aromatic rings. The normalized spacial score (nSPS) is 18.5. The topological polar surface area (TPSA) is 161 Å². The number of aliphatic carboxylic acids is 1. The molecule has 1 saturated heterocycles. The molecule has 1 aliphatic rings. The summed E-state index contributed by atoms with van der Waals surface area (Å²) in [6.45, 7) is 13.0. The zero-order valence-electron chi connectivity index (χ0n) is 32.3. The van der Waals surface area contributed by atoms with E-state index in [-0.39, 0.29) is 61.4 Å². The van der Waals surface area contributed by atoms with Crippen molar-refractivity contribution in [1.82, 2.24) is 25.4 Å². The second kappa shape index (κ2) is 20.7. The summed E-state index contributed by atoms with van der Waals surface area (Å²) in [6, 6.07) is 6.01. The number of aliphatic hydroxyl groups excluding tert-OH is 1. The summed E-state index contributed by atoms with van der Waals surface area (Å²) in [7, 11) is 3.52. The number of carbonyl (C=O) groups is 4. The van der Waals surface area contributed by atoms with Crippen molar-refractivity contribution in [3.63, 3.8) is 0 Å². The molecule has 2 heterocycles. The van der Waals surface area contributed by atoms with Crippen LogP contribution in [0.2, 0.25) is 0 Å². The molecule has 3 amide bonds. The predicted molar refractivity (Wildman–Crippen MR) is 203 cm³/mol. The van der Waals surface area contributed by atoms with Gasteiger partial charge < -0.3 is 30.5 Å². The molecule has 0 spiro atoms. The van der Waals surface area contributed by atoms with Gasteiger partial charge >= 0.3 is 5.97 Å². The molecule has 3 unspecified atom stereocenters. The third-order valence-electron chi connectivity index (χ3n) is 10.3. The molecule has 13 heteroatoms. The Hall–Kier alpha value is -3.39. The first-order chi connectivity index (χ1) is 24.7. The third kappa shape index (κ3) is 12.3. The number of nitrogens with zero attached hydrogens (tertiary/aromatic N) is 3. The van der Waals surface area contributed by atoms with Crippen molar-refractivity contribution in [2.45, 2.75) is 117 Å². The van der Waals surface area contributed by atoms with Crippen molar-refractivity contribution < 1.29 is 34.1 Å². The highest BCUT2D eigenvalue weighted by molar-refractivity contribution is 7.09. The number of likely N-dealkylation sites (N-methyl/N-ethyl adjacent to an activating group) is 1. The Morgan fingerprint density at radius 1 is 1.08 bits per heavy atom. The second-order valence-corrected chi connectivity index (χ2v) is 15.7. The zero-order chi connectivity index (χ0) is 38.5. The number of thiazole rings is 1. The van der Waals surface area contributed by atoms with E-state index in [1.54, 1.807) is 24.3 Å². The highest BCUT2D eigenvalue weighted by atomic mass is 32.1. The molecular formula is C39H61N5O7S. The Kier molecular flexibility index (Phi) is 17.2. The van der Waals surface area contributed by atoms with Crippen LogP contribution in [0.25, 0.3) is 0 Å². The molecule has 7 atom stereocenters.